The third-order valence-corrected chi connectivity index (χ3v) is 3.50. The van der Waals surface area contributed by atoms with Gasteiger partial charge in [0.05, 0.1) is 0 Å². The first-order valence-corrected chi connectivity index (χ1v) is 6.91. The first-order chi connectivity index (χ1) is 6.97. The van der Waals surface area contributed by atoms with Crippen LogP contribution >= 0.6 is 0 Å². The second-order valence-electron chi connectivity index (χ2n) is 3.78. The molecule has 0 aromatic rings. The van der Waals surface area contributed by atoms with Crippen molar-refractivity contribution in [3.63, 3.8) is 0 Å². The van der Waals surface area contributed by atoms with Crippen molar-refractivity contribution in [3.05, 3.63) is 0 Å². The maximum Gasteiger partial charge on any atom is 0.221 e. The molecule has 0 fully saturated rings. The molecule has 2 N–H and O–H groups in total. The summed E-state index contributed by atoms with van der Waals surface area (Å²) in [5.41, 5.74) is 0. The molecule has 0 heterocycles. The second-order valence-corrected chi connectivity index (χ2v) is 5.58. The minimum atomic E-state index is -0.873. The van der Waals surface area contributed by atoms with E-state index in [4.69, 9.17) is 0 Å². The molecule has 0 saturated heterocycles. The molecule has 0 bridgehead atoms. The fraction of sp³-hybridized carbons (Fsp3) is 0.900. The lowest BCUT2D eigenvalue weighted by atomic mass is 10.2. The molecule has 0 rings (SSSR count). The van der Waals surface area contributed by atoms with Crippen LogP contribution in [0.25, 0.3) is 0 Å². The van der Waals surface area contributed by atoms with Gasteiger partial charge in [-0.3, -0.25) is 9.00 Å². The molecule has 0 aliphatic rings. The normalized spacial score (nSPS) is 16.8. The van der Waals surface area contributed by atoms with Crippen molar-refractivity contribution in [1.82, 2.24) is 10.6 Å². The summed E-state index contributed by atoms with van der Waals surface area (Å²) in [7, 11) is -0.873. The van der Waals surface area contributed by atoms with Crippen molar-refractivity contribution in [2.45, 2.75) is 38.5 Å². The highest BCUT2D eigenvalue weighted by molar-refractivity contribution is 7.84. The Hall–Kier alpha value is -0.420. The Morgan fingerprint density at radius 3 is 2.47 bits per heavy atom. The van der Waals surface area contributed by atoms with Crippen LogP contribution in [-0.2, 0) is 15.6 Å². The highest BCUT2D eigenvalue weighted by Gasteiger charge is 2.10. The van der Waals surface area contributed by atoms with E-state index in [0.29, 0.717) is 13.0 Å². The Bertz CT molecular complexity index is 221. The third kappa shape index (κ3) is 7.50. The van der Waals surface area contributed by atoms with Crippen molar-refractivity contribution >= 4 is 16.7 Å². The lowest BCUT2D eigenvalue weighted by Crippen LogP contribution is -2.37. The summed E-state index contributed by atoms with van der Waals surface area (Å²) >= 11 is 0. The van der Waals surface area contributed by atoms with Crippen LogP contribution in [-0.4, -0.2) is 40.8 Å². The van der Waals surface area contributed by atoms with E-state index in [9.17, 15) is 9.00 Å². The Labute approximate surface area is 94.7 Å². The molecule has 90 valence electrons. The number of hydrogen-bond acceptors (Lipinski definition) is 3. The largest absolute Gasteiger partial charge is 0.355 e. The molecule has 0 aliphatic heterocycles. The standard InChI is InChI=1S/C10H22N2O2S/c1-5-11-8(2)6-10(13)12-7-9(3)15(4)14/h8-9,11H,5-7H2,1-4H3,(H,12,13). The van der Waals surface area contributed by atoms with Crippen LogP contribution in [0.3, 0.4) is 0 Å². The maximum atomic E-state index is 11.4. The van der Waals surface area contributed by atoms with Gasteiger partial charge in [-0.1, -0.05) is 6.92 Å². The topological polar surface area (TPSA) is 58.2 Å². The summed E-state index contributed by atoms with van der Waals surface area (Å²) in [6.45, 7) is 7.20. The molecule has 0 saturated carbocycles. The van der Waals surface area contributed by atoms with E-state index < -0.39 is 10.8 Å². The average Bonchev–Trinajstić information content (AvgIpc) is 2.14. The number of rotatable bonds is 7. The fourth-order valence-corrected chi connectivity index (χ4v) is 1.46. The molecule has 3 atom stereocenters. The van der Waals surface area contributed by atoms with Crippen molar-refractivity contribution in [1.29, 1.82) is 0 Å². The highest BCUT2D eigenvalue weighted by Crippen LogP contribution is 1.93. The zero-order valence-electron chi connectivity index (χ0n) is 10.0. The lowest BCUT2D eigenvalue weighted by Gasteiger charge is -2.13. The van der Waals surface area contributed by atoms with Crippen LogP contribution in [0.1, 0.15) is 27.2 Å². The Kier molecular flexibility index (Phi) is 7.60. The zero-order chi connectivity index (χ0) is 11.8. The maximum absolute atomic E-state index is 11.4. The van der Waals surface area contributed by atoms with Gasteiger partial charge >= 0.3 is 0 Å². The van der Waals surface area contributed by atoms with E-state index in [1.165, 1.54) is 0 Å². The summed E-state index contributed by atoms with van der Waals surface area (Å²) < 4.78 is 11.0. The molecular formula is C10H22N2O2S. The van der Waals surface area contributed by atoms with Crippen LogP contribution in [0.4, 0.5) is 0 Å². The molecule has 4 nitrogen and oxygen atoms in total. The number of amides is 1. The van der Waals surface area contributed by atoms with Crippen molar-refractivity contribution < 1.29 is 9.00 Å². The van der Waals surface area contributed by atoms with E-state index in [1.807, 2.05) is 20.8 Å². The molecule has 5 heteroatoms. The van der Waals surface area contributed by atoms with Crippen LogP contribution in [0, 0.1) is 0 Å². The Morgan fingerprint density at radius 1 is 1.40 bits per heavy atom. The van der Waals surface area contributed by atoms with E-state index in [2.05, 4.69) is 10.6 Å². The van der Waals surface area contributed by atoms with Crippen LogP contribution in [0.5, 0.6) is 0 Å². The average molecular weight is 234 g/mol. The van der Waals surface area contributed by atoms with E-state index in [-0.39, 0.29) is 17.2 Å². The van der Waals surface area contributed by atoms with Crippen LogP contribution in [0.2, 0.25) is 0 Å². The van der Waals surface area contributed by atoms with Gasteiger partial charge in [-0.25, -0.2) is 0 Å². The molecule has 0 aromatic heterocycles. The number of carbonyl (C=O) groups is 1. The van der Waals surface area contributed by atoms with Gasteiger partial charge in [0.25, 0.3) is 0 Å². The molecule has 0 aromatic carbocycles. The number of hydrogen-bond donors (Lipinski definition) is 2. The van der Waals surface area contributed by atoms with Crippen LogP contribution < -0.4 is 10.6 Å². The first kappa shape index (κ1) is 14.6. The Balaban J connectivity index is 3.70. The summed E-state index contributed by atoms with van der Waals surface area (Å²) in [5, 5.41) is 5.96. The third-order valence-electron chi connectivity index (χ3n) is 2.20. The molecule has 0 spiro atoms. The van der Waals surface area contributed by atoms with Crippen LogP contribution in [0.15, 0.2) is 0 Å². The van der Waals surface area contributed by atoms with Gasteiger partial charge in [0.2, 0.25) is 5.91 Å². The van der Waals surface area contributed by atoms with E-state index in [0.717, 1.165) is 6.54 Å². The summed E-state index contributed by atoms with van der Waals surface area (Å²) in [4.78, 5) is 11.4. The van der Waals surface area contributed by atoms with Gasteiger partial charge < -0.3 is 10.6 Å². The van der Waals surface area contributed by atoms with Gasteiger partial charge in [0.15, 0.2) is 0 Å². The minimum absolute atomic E-state index is 0.0146. The predicted molar refractivity (Wildman–Crippen MR) is 64.3 cm³/mol. The molecule has 0 radical (unpaired) electrons. The quantitative estimate of drug-likeness (QED) is 0.664. The molecular weight excluding hydrogens is 212 g/mol. The summed E-state index contributed by atoms with van der Waals surface area (Å²) in [6.07, 6.45) is 2.12. The molecule has 15 heavy (non-hydrogen) atoms. The van der Waals surface area contributed by atoms with E-state index in [1.54, 1.807) is 6.26 Å². The van der Waals surface area contributed by atoms with Gasteiger partial charge in [0, 0.05) is 41.3 Å². The summed E-state index contributed by atoms with van der Waals surface area (Å²) in [6, 6.07) is 0.192. The minimum Gasteiger partial charge on any atom is -0.355 e. The second kappa shape index (κ2) is 7.82. The lowest BCUT2D eigenvalue weighted by molar-refractivity contribution is -0.121. The molecule has 0 aliphatic carbocycles. The van der Waals surface area contributed by atoms with Gasteiger partial charge in [0.1, 0.15) is 0 Å². The Morgan fingerprint density at radius 2 is 2.00 bits per heavy atom. The fourth-order valence-electron chi connectivity index (χ4n) is 1.15. The zero-order valence-corrected chi connectivity index (χ0v) is 10.8. The smallest absolute Gasteiger partial charge is 0.221 e. The molecule has 3 unspecified atom stereocenters. The predicted octanol–water partition coefficient (Wildman–Crippen LogP) is 0.258. The van der Waals surface area contributed by atoms with Crippen molar-refractivity contribution in [2.75, 3.05) is 19.3 Å². The first-order valence-electron chi connectivity index (χ1n) is 5.29. The van der Waals surface area contributed by atoms with Crippen molar-refractivity contribution in [2.24, 2.45) is 0 Å². The number of carbonyl (C=O) groups excluding carboxylic acids is 1. The van der Waals surface area contributed by atoms with Gasteiger partial charge in [-0.2, -0.15) is 0 Å². The van der Waals surface area contributed by atoms with Crippen molar-refractivity contribution in [3.8, 4) is 0 Å². The monoisotopic (exact) mass is 234 g/mol. The number of nitrogens with one attached hydrogen (secondary N) is 2. The summed E-state index contributed by atoms with van der Waals surface area (Å²) in [5.74, 6) is 0.0146. The van der Waals surface area contributed by atoms with Gasteiger partial charge in [-0.05, 0) is 20.4 Å². The van der Waals surface area contributed by atoms with E-state index >= 15 is 0 Å². The molecule has 1 amide bonds. The SMILES string of the molecule is CCNC(C)CC(=O)NCC(C)S(C)=O. The highest BCUT2D eigenvalue weighted by atomic mass is 32.2. The van der Waals surface area contributed by atoms with Gasteiger partial charge in [-0.15, -0.1) is 0 Å².